The summed E-state index contributed by atoms with van der Waals surface area (Å²) in [6.45, 7) is 0. The molecule has 2 heterocycles. The summed E-state index contributed by atoms with van der Waals surface area (Å²) in [4.78, 5) is 0.0989. The number of aliphatic hydroxyl groups excluding tert-OH is 1. The Hall–Kier alpha value is -1.83. The van der Waals surface area contributed by atoms with Gasteiger partial charge in [-0.15, -0.1) is 0 Å². The summed E-state index contributed by atoms with van der Waals surface area (Å²) in [7, 11) is -3.69. The average Bonchev–Trinajstić information content (AvgIpc) is 3.07. The molecule has 1 aliphatic rings. The van der Waals surface area contributed by atoms with Gasteiger partial charge in [-0.2, -0.15) is 0 Å². The standard InChI is InChI=1S/C19H15Cl2NO4S/c20-11-5-7-13(15(21)9-11)17-8-6-12(26-17)10-16-19(23)14-3-1-2-4-18(14)27(24,25)22-16/h1-9,16,19,22-23H,10H2/t16-,19-/m0/s1. The molecule has 2 N–H and O–H groups in total. The van der Waals surface area contributed by atoms with Crippen molar-refractivity contribution >= 4 is 33.2 Å². The number of sulfonamides is 1. The lowest BCUT2D eigenvalue weighted by molar-refractivity contribution is 0.129. The summed E-state index contributed by atoms with van der Waals surface area (Å²) in [5.41, 5.74) is 1.07. The summed E-state index contributed by atoms with van der Waals surface area (Å²) in [6.07, 6.45) is -0.780. The first-order chi connectivity index (χ1) is 12.8. The molecule has 0 saturated heterocycles. The van der Waals surface area contributed by atoms with Gasteiger partial charge in [0.15, 0.2) is 0 Å². The number of halogens is 2. The van der Waals surface area contributed by atoms with Crippen molar-refractivity contribution in [3.8, 4) is 11.3 Å². The van der Waals surface area contributed by atoms with E-state index in [1.54, 1.807) is 48.5 Å². The second kappa shape index (κ2) is 6.96. The maximum absolute atomic E-state index is 12.4. The number of fused-ring (bicyclic) bond motifs is 1. The number of aliphatic hydroxyl groups is 1. The van der Waals surface area contributed by atoms with Crippen molar-refractivity contribution in [2.75, 3.05) is 0 Å². The van der Waals surface area contributed by atoms with Crippen molar-refractivity contribution in [3.05, 3.63) is 76.0 Å². The minimum Gasteiger partial charge on any atom is -0.461 e. The number of rotatable bonds is 3. The van der Waals surface area contributed by atoms with Crippen LogP contribution in [0, 0.1) is 0 Å². The highest BCUT2D eigenvalue weighted by Gasteiger charge is 2.36. The summed E-state index contributed by atoms with van der Waals surface area (Å²) < 4.78 is 33.2. The van der Waals surface area contributed by atoms with Crippen LogP contribution < -0.4 is 4.72 Å². The van der Waals surface area contributed by atoms with E-state index in [-0.39, 0.29) is 11.3 Å². The van der Waals surface area contributed by atoms with Crippen LogP contribution in [0.15, 0.2) is 63.9 Å². The van der Waals surface area contributed by atoms with Gasteiger partial charge >= 0.3 is 0 Å². The van der Waals surface area contributed by atoms with E-state index >= 15 is 0 Å². The first-order valence-electron chi connectivity index (χ1n) is 8.18. The second-order valence-corrected chi connectivity index (χ2v) is 8.83. The summed E-state index contributed by atoms with van der Waals surface area (Å²) in [6, 6.07) is 14.3. The van der Waals surface area contributed by atoms with Gasteiger partial charge in [-0.3, -0.25) is 0 Å². The number of benzene rings is 2. The summed E-state index contributed by atoms with van der Waals surface area (Å²) >= 11 is 12.1. The van der Waals surface area contributed by atoms with Crippen molar-refractivity contribution in [2.45, 2.75) is 23.5 Å². The van der Waals surface area contributed by atoms with Crippen LogP contribution in [0.2, 0.25) is 10.0 Å². The van der Waals surface area contributed by atoms with E-state index in [9.17, 15) is 13.5 Å². The first-order valence-corrected chi connectivity index (χ1v) is 10.4. The molecule has 0 spiro atoms. The summed E-state index contributed by atoms with van der Waals surface area (Å²) in [5.74, 6) is 1.07. The van der Waals surface area contributed by atoms with Gasteiger partial charge in [0.25, 0.3) is 0 Å². The van der Waals surface area contributed by atoms with Crippen LogP contribution in [0.25, 0.3) is 11.3 Å². The van der Waals surface area contributed by atoms with Crippen LogP contribution in [-0.2, 0) is 16.4 Å². The lowest BCUT2D eigenvalue weighted by Gasteiger charge is -2.30. The van der Waals surface area contributed by atoms with Gasteiger partial charge in [-0.1, -0.05) is 41.4 Å². The van der Waals surface area contributed by atoms with Gasteiger partial charge in [0.2, 0.25) is 10.0 Å². The molecule has 0 aliphatic carbocycles. The molecule has 0 bridgehead atoms. The quantitative estimate of drug-likeness (QED) is 0.661. The van der Waals surface area contributed by atoms with Gasteiger partial charge in [0, 0.05) is 22.6 Å². The average molecular weight is 424 g/mol. The highest BCUT2D eigenvalue weighted by Crippen LogP contribution is 2.34. The fourth-order valence-corrected chi connectivity index (χ4v) is 5.20. The monoisotopic (exact) mass is 423 g/mol. The fourth-order valence-electron chi connectivity index (χ4n) is 3.21. The fraction of sp³-hybridized carbons (Fsp3) is 0.158. The summed E-state index contributed by atoms with van der Waals surface area (Å²) in [5, 5.41) is 11.6. The van der Waals surface area contributed by atoms with E-state index < -0.39 is 22.2 Å². The highest BCUT2D eigenvalue weighted by atomic mass is 35.5. The lowest BCUT2D eigenvalue weighted by Crippen LogP contribution is -2.45. The predicted octanol–water partition coefficient (Wildman–Crippen LogP) is 4.19. The molecular formula is C19H15Cl2NO4S. The smallest absolute Gasteiger partial charge is 0.241 e. The molecule has 0 amide bonds. The van der Waals surface area contributed by atoms with E-state index in [4.69, 9.17) is 27.6 Å². The van der Waals surface area contributed by atoms with E-state index in [0.717, 1.165) is 0 Å². The number of nitrogens with one attached hydrogen (secondary N) is 1. The molecule has 2 atom stereocenters. The van der Waals surface area contributed by atoms with Crippen molar-refractivity contribution in [1.82, 2.24) is 4.72 Å². The Labute approximate surface area is 166 Å². The Bertz CT molecular complexity index is 1110. The van der Waals surface area contributed by atoms with Gasteiger partial charge in [0.05, 0.1) is 22.1 Å². The molecule has 0 radical (unpaired) electrons. The first kappa shape index (κ1) is 18.5. The minimum atomic E-state index is -3.69. The van der Waals surface area contributed by atoms with Crippen LogP contribution >= 0.6 is 23.2 Å². The molecule has 5 nitrogen and oxygen atoms in total. The Morgan fingerprint density at radius 3 is 2.63 bits per heavy atom. The molecule has 3 aromatic rings. The molecule has 1 aliphatic heterocycles. The van der Waals surface area contributed by atoms with Crippen LogP contribution in [0.5, 0.6) is 0 Å². The molecule has 1 aromatic heterocycles. The highest BCUT2D eigenvalue weighted by molar-refractivity contribution is 7.89. The predicted molar refractivity (Wildman–Crippen MR) is 103 cm³/mol. The minimum absolute atomic E-state index is 0.0989. The van der Waals surface area contributed by atoms with Gasteiger partial charge < -0.3 is 9.52 Å². The molecule has 0 fully saturated rings. The Morgan fingerprint density at radius 1 is 1.07 bits per heavy atom. The maximum Gasteiger partial charge on any atom is 0.241 e. The zero-order valence-electron chi connectivity index (χ0n) is 13.9. The third-order valence-corrected chi connectivity index (χ3v) is 6.61. The number of furan rings is 1. The van der Waals surface area contributed by atoms with Crippen molar-refractivity contribution < 1.29 is 17.9 Å². The number of hydrogen-bond acceptors (Lipinski definition) is 4. The van der Waals surface area contributed by atoms with Gasteiger partial charge in [0.1, 0.15) is 11.5 Å². The van der Waals surface area contributed by atoms with Gasteiger partial charge in [-0.05, 0) is 36.4 Å². The second-order valence-electron chi connectivity index (χ2n) is 6.30. The van der Waals surface area contributed by atoms with Crippen LogP contribution in [-0.4, -0.2) is 19.6 Å². The zero-order chi connectivity index (χ0) is 19.2. The molecule has 2 aromatic carbocycles. The molecule has 27 heavy (non-hydrogen) atoms. The number of hydrogen-bond donors (Lipinski definition) is 2. The molecule has 0 saturated carbocycles. The van der Waals surface area contributed by atoms with Crippen LogP contribution in [0.4, 0.5) is 0 Å². The molecule has 140 valence electrons. The van der Waals surface area contributed by atoms with Crippen LogP contribution in [0.1, 0.15) is 17.4 Å². The van der Waals surface area contributed by atoms with E-state index in [0.29, 0.717) is 32.7 Å². The Kier molecular flexibility index (Phi) is 4.78. The third kappa shape index (κ3) is 3.51. The Balaban J connectivity index is 1.61. The third-order valence-electron chi connectivity index (χ3n) is 4.49. The topological polar surface area (TPSA) is 79.5 Å². The van der Waals surface area contributed by atoms with E-state index in [1.807, 2.05) is 0 Å². The Morgan fingerprint density at radius 2 is 1.85 bits per heavy atom. The van der Waals surface area contributed by atoms with E-state index in [2.05, 4.69) is 4.72 Å². The normalized spacial score (nSPS) is 21.0. The van der Waals surface area contributed by atoms with Crippen molar-refractivity contribution in [3.63, 3.8) is 0 Å². The van der Waals surface area contributed by atoms with Crippen LogP contribution in [0.3, 0.4) is 0 Å². The zero-order valence-corrected chi connectivity index (χ0v) is 16.2. The lowest BCUT2D eigenvalue weighted by atomic mass is 9.99. The van der Waals surface area contributed by atoms with Crippen molar-refractivity contribution in [2.24, 2.45) is 0 Å². The van der Waals surface area contributed by atoms with Gasteiger partial charge in [-0.25, -0.2) is 13.1 Å². The molecule has 8 heteroatoms. The molecule has 0 unspecified atom stereocenters. The molecular weight excluding hydrogens is 409 g/mol. The molecule has 4 rings (SSSR count). The van der Waals surface area contributed by atoms with E-state index in [1.165, 1.54) is 6.07 Å². The maximum atomic E-state index is 12.4. The SMILES string of the molecule is O=S1(=O)N[C@@H](Cc2ccc(-c3ccc(Cl)cc3Cl)o2)[C@@H](O)c2ccccc21. The largest absolute Gasteiger partial charge is 0.461 e. The van der Waals surface area contributed by atoms with Crippen molar-refractivity contribution in [1.29, 1.82) is 0 Å².